The topological polar surface area (TPSA) is 43.6 Å². The van der Waals surface area contributed by atoms with Crippen LogP contribution in [0.2, 0.25) is 0 Å². The number of hydrogen-bond acceptors (Lipinski definition) is 3. The number of hydrogen-bond donors (Lipinski definition) is 0. The predicted octanol–water partition coefficient (Wildman–Crippen LogP) is 12.4. The second-order valence-corrected chi connectivity index (χ2v) is 13.7. The van der Waals surface area contributed by atoms with Crippen molar-refractivity contribution in [2.75, 3.05) is 0 Å². The summed E-state index contributed by atoms with van der Waals surface area (Å²) in [7, 11) is 0. The Morgan fingerprint density at radius 2 is 0.830 bits per heavy atom. The van der Waals surface area contributed by atoms with Crippen LogP contribution >= 0.6 is 0 Å². The van der Waals surface area contributed by atoms with Crippen molar-refractivity contribution in [2.24, 2.45) is 0 Å². The van der Waals surface area contributed by atoms with Gasteiger partial charge in [-0.05, 0) is 97.9 Å². The molecule has 0 spiro atoms. The van der Waals surface area contributed by atoms with Gasteiger partial charge >= 0.3 is 0 Å². The van der Waals surface area contributed by atoms with Crippen molar-refractivity contribution in [1.82, 2.24) is 19.5 Å². The van der Waals surface area contributed by atoms with Crippen LogP contribution in [0.15, 0.2) is 182 Å². The van der Waals surface area contributed by atoms with Crippen LogP contribution in [-0.2, 0) is 0 Å². The summed E-state index contributed by atoms with van der Waals surface area (Å²) in [5.41, 5.74) is 12.6. The van der Waals surface area contributed by atoms with E-state index in [0.717, 1.165) is 27.8 Å². The van der Waals surface area contributed by atoms with Gasteiger partial charge in [-0.2, -0.15) is 0 Å². The highest BCUT2D eigenvalue weighted by Crippen LogP contribution is 2.49. The highest BCUT2D eigenvalue weighted by Gasteiger charge is 2.24. The van der Waals surface area contributed by atoms with E-state index in [4.69, 9.17) is 15.0 Å². The van der Waals surface area contributed by atoms with Gasteiger partial charge < -0.3 is 4.57 Å². The van der Waals surface area contributed by atoms with Gasteiger partial charge in [0.1, 0.15) is 0 Å². The van der Waals surface area contributed by atoms with Crippen LogP contribution in [0, 0.1) is 0 Å². The zero-order valence-electron chi connectivity index (χ0n) is 28.6. The first-order valence-electron chi connectivity index (χ1n) is 17.9. The van der Waals surface area contributed by atoms with Crippen LogP contribution in [0.5, 0.6) is 0 Å². The Morgan fingerprint density at radius 3 is 1.53 bits per heavy atom. The predicted molar refractivity (Wildman–Crippen MR) is 218 cm³/mol. The first-order chi connectivity index (χ1) is 26.2. The molecule has 246 valence electrons. The Morgan fingerprint density at radius 1 is 0.321 bits per heavy atom. The Labute approximate surface area is 306 Å². The van der Waals surface area contributed by atoms with E-state index in [1.54, 1.807) is 0 Å². The van der Waals surface area contributed by atoms with Crippen LogP contribution in [0.25, 0.3) is 106 Å². The summed E-state index contributed by atoms with van der Waals surface area (Å²) >= 11 is 0. The van der Waals surface area contributed by atoms with E-state index in [-0.39, 0.29) is 0 Å². The molecule has 0 N–H and O–H groups in total. The summed E-state index contributed by atoms with van der Waals surface area (Å²) in [6, 6.07) is 62.4. The fourth-order valence-electron chi connectivity index (χ4n) is 8.02. The molecule has 4 heteroatoms. The molecule has 0 radical (unpaired) electrons. The number of fused-ring (bicyclic) bond motifs is 7. The molecule has 0 aliphatic heterocycles. The Balaban J connectivity index is 1.06. The number of rotatable bonds is 4. The smallest absolute Gasteiger partial charge is 0.164 e. The third kappa shape index (κ3) is 4.80. The standard InChI is InChI=1S/C49H30N4/c1-2-12-32(13-3-1)47-50-48(52-49(51-47)37-22-21-31-11-4-5-14-34(31)27-37)33-23-25-38(26-24-33)53-30-44-43-29-36-16-7-6-15-35(36)28-42(43)40-18-9-8-17-39(40)41-19-10-20-45(53)46(41)44/h1-30H. The lowest BCUT2D eigenvalue weighted by atomic mass is 9.91. The van der Waals surface area contributed by atoms with Gasteiger partial charge in [0, 0.05) is 39.5 Å². The molecular weight excluding hydrogens is 645 g/mol. The van der Waals surface area contributed by atoms with Crippen LogP contribution < -0.4 is 0 Å². The third-order valence-corrected chi connectivity index (χ3v) is 10.6. The molecule has 0 unspecified atom stereocenters. The molecule has 8 aromatic carbocycles. The van der Waals surface area contributed by atoms with Gasteiger partial charge in [0.2, 0.25) is 0 Å². The van der Waals surface area contributed by atoms with Gasteiger partial charge in [-0.3, -0.25) is 0 Å². The van der Waals surface area contributed by atoms with Gasteiger partial charge in [0.05, 0.1) is 5.52 Å². The summed E-state index contributed by atoms with van der Waals surface area (Å²) in [4.78, 5) is 15.0. The van der Waals surface area contributed by atoms with E-state index >= 15 is 0 Å². The quantitative estimate of drug-likeness (QED) is 0.187. The maximum Gasteiger partial charge on any atom is 0.164 e. The number of benzene rings is 8. The molecule has 0 saturated carbocycles. The van der Waals surface area contributed by atoms with Crippen LogP contribution in [-0.4, -0.2) is 19.5 Å². The highest BCUT2D eigenvalue weighted by molar-refractivity contribution is 6.15. The maximum atomic E-state index is 5.05. The van der Waals surface area contributed by atoms with Gasteiger partial charge in [-0.15, -0.1) is 0 Å². The molecule has 4 nitrogen and oxygen atoms in total. The molecule has 1 aliphatic rings. The minimum atomic E-state index is 0.640. The molecule has 10 aromatic rings. The van der Waals surface area contributed by atoms with Crippen molar-refractivity contribution in [3.63, 3.8) is 0 Å². The molecular formula is C49H30N4. The van der Waals surface area contributed by atoms with E-state index in [2.05, 4.69) is 156 Å². The van der Waals surface area contributed by atoms with E-state index in [0.29, 0.717) is 17.5 Å². The maximum absolute atomic E-state index is 5.05. The average Bonchev–Trinajstić information content (AvgIpc) is 3.58. The molecule has 0 saturated heterocycles. The minimum absolute atomic E-state index is 0.640. The molecule has 53 heavy (non-hydrogen) atoms. The largest absolute Gasteiger partial charge is 0.316 e. The van der Waals surface area contributed by atoms with E-state index in [1.807, 2.05) is 30.3 Å². The lowest BCUT2D eigenvalue weighted by molar-refractivity contribution is 1.07. The summed E-state index contributed by atoms with van der Waals surface area (Å²) in [5.74, 6) is 1.94. The van der Waals surface area contributed by atoms with Gasteiger partial charge in [-0.25, -0.2) is 15.0 Å². The number of aromatic nitrogens is 4. The fraction of sp³-hybridized carbons (Fsp3) is 0. The Kier molecular flexibility index (Phi) is 6.52. The molecule has 0 atom stereocenters. The fourth-order valence-corrected chi connectivity index (χ4v) is 8.02. The molecule has 2 aromatic heterocycles. The molecule has 2 heterocycles. The average molecular weight is 675 g/mol. The van der Waals surface area contributed by atoms with Crippen LogP contribution in [0.1, 0.15) is 0 Å². The molecule has 0 bridgehead atoms. The Bertz CT molecular complexity index is 3050. The van der Waals surface area contributed by atoms with Crippen molar-refractivity contribution in [1.29, 1.82) is 0 Å². The normalized spacial score (nSPS) is 11.8. The minimum Gasteiger partial charge on any atom is -0.316 e. The van der Waals surface area contributed by atoms with Crippen molar-refractivity contribution < 1.29 is 0 Å². The second kappa shape index (κ2) is 11.7. The van der Waals surface area contributed by atoms with Gasteiger partial charge in [0.15, 0.2) is 17.5 Å². The molecule has 0 fully saturated rings. The molecule has 0 amide bonds. The van der Waals surface area contributed by atoms with Crippen molar-refractivity contribution in [3.8, 4) is 73.2 Å². The van der Waals surface area contributed by atoms with Crippen LogP contribution in [0.3, 0.4) is 0 Å². The lowest BCUT2D eigenvalue weighted by Gasteiger charge is -2.13. The lowest BCUT2D eigenvalue weighted by Crippen LogP contribution is -2.00. The van der Waals surface area contributed by atoms with Crippen molar-refractivity contribution in [2.45, 2.75) is 0 Å². The third-order valence-electron chi connectivity index (χ3n) is 10.6. The first kappa shape index (κ1) is 29.5. The summed E-state index contributed by atoms with van der Waals surface area (Å²) in [6.45, 7) is 0. The SMILES string of the molecule is c1ccc(-c2nc(-c3ccc(-n4cc5c6c(cccc64)-c4ccccc4-c4cc6ccccc6cc4-5)cc3)nc(-c3ccc4ccccc4c3)n2)cc1. The van der Waals surface area contributed by atoms with E-state index in [9.17, 15) is 0 Å². The molecule has 11 rings (SSSR count). The van der Waals surface area contributed by atoms with Gasteiger partial charge in [-0.1, -0.05) is 127 Å². The van der Waals surface area contributed by atoms with Gasteiger partial charge in [0.25, 0.3) is 0 Å². The summed E-state index contributed by atoms with van der Waals surface area (Å²) in [6.07, 6.45) is 2.32. The zero-order valence-corrected chi connectivity index (χ0v) is 28.6. The number of nitrogens with zero attached hydrogens (tertiary/aromatic N) is 4. The van der Waals surface area contributed by atoms with Crippen LogP contribution in [0.4, 0.5) is 0 Å². The highest BCUT2D eigenvalue weighted by atomic mass is 15.0. The monoisotopic (exact) mass is 674 g/mol. The van der Waals surface area contributed by atoms with E-state index < -0.39 is 0 Å². The second-order valence-electron chi connectivity index (χ2n) is 13.7. The Hall–Kier alpha value is -7.17. The summed E-state index contributed by atoms with van der Waals surface area (Å²) < 4.78 is 2.33. The van der Waals surface area contributed by atoms with Crippen molar-refractivity contribution >= 4 is 32.4 Å². The van der Waals surface area contributed by atoms with Crippen molar-refractivity contribution in [3.05, 3.63) is 182 Å². The molecule has 1 aliphatic carbocycles. The van der Waals surface area contributed by atoms with E-state index in [1.165, 1.54) is 60.4 Å². The summed E-state index contributed by atoms with van der Waals surface area (Å²) in [5, 5.41) is 6.09. The zero-order chi connectivity index (χ0) is 34.9. The first-order valence-corrected chi connectivity index (χ1v) is 17.9.